The zero-order valence-electron chi connectivity index (χ0n) is 16.5. The van der Waals surface area contributed by atoms with Crippen LogP contribution in [0.25, 0.3) is 0 Å². The lowest BCUT2D eigenvalue weighted by molar-refractivity contribution is 0.156. The molecule has 1 aromatic rings. The zero-order valence-corrected chi connectivity index (χ0v) is 17.3. The quantitative estimate of drug-likeness (QED) is 0.634. The predicted octanol–water partition coefficient (Wildman–Crippen LogP) is 2.82. The van der Waals surface area contributed by atoms with Gasteiger partial charge in [0.25, 0.3) is 0 Å². The number of aliphatic imine (C=N–C) groups is 1. The Bertz CT molecular complexity index is 636. The number of ether oxygens (including phenoxy) is 1. The molecule has 0 aromatic heterocycles. The fourth-order valence-electron chi connectivity index (χ4n) is 4.31. The topological polar surface area (TPSA) is 40.1 Å². The van der Waals surface area contributed by atoms with Gasteiger partial charge in [0.15, 0.2) is 5.96 Å². The molecule has 148 valence electrons. The minimum atomic E-state index is 0.366. The van der Waals surface area contributed by atoms with E-state index >= 15 is 0 Å². The molecule has 1 spiro atoms. The lowest BCUT2D eigenvalue weighted by Crippen LogP contribution is -2.41. The van der Waals surface area contributed by atoms with E-state index in [4.69, 9.17) is 9.73 Å². The van der Waals surface area contributed by atoms with Gasteiger partial charge in [0.1, 0.15) is 0 Å². The standard InChI is InChI=1S/C21H32N4OS/c1-2-22-20(25-9-7-21(16-25)8-12-26-17-21)23-15-18-3-5-19(6-4-18)24-10-13-27-14-11-24/h3-6H,2,7-17H2,1H3,(H,22,23). The van der Waals surface area contributed by atoms with Crippen molar-refractivity contribution >= 4 is 23.4 Å². The molecule has 1 atom stereocenters. The van der Waals surface area contributed by atoms with Gasteiger partial charge in [-0.15, -0.1) is 0 Å². The number of rotatable bonds is 4. The van der Waals surface area contributed by atoms with Gasteiger partial charge in [0.05, 0.1) is 13.2 Å². The number of likely N-dealkylation sites (tertiary alicyclic amines) is 1. The van der Waals surface area contributed by atoms with Crippen LogP contribution in [0.15, 0.2) is 29.3 Å². The highest BCUT2D eigenvalue weighted by molar-refractivity contribution is 7.99. The Morgan fingerprint density at radius 3 is 2.70 bits per heavy atom. The van der Waals surface area contributed by atoms with E-state index in [2.05, 4.69) is 58.1 Å². The molecule has 6 heteroatoms. The van der Waals surface area contributed by atoms with Crippen LogP contribution in [-0.4, -0.2) is 68.3 Å². The summed E-state index contributed by atoms with van der Waals surface area (Å²) in [4.78, 5) is 9.85. The minimum Gasteiger partial charge on any atom is -0.381 e. The van der Waals surface area contributed by atoms with Gasteiger partial charge in [-0.25, -0.2) is 4.99 Å². The molecule has 3 fully saturated rings. The second kappa shape index (κ2) is 8.74. The average molecular weight is 389 g/mol. The van der Waals surface area contributed by atoms with Gasteiger partial charge in [-0.1, -0.05) is 12.1 Å². The molecular weight excluding hydrogens is 356 g/mol. The molecule has 1 aromatic carbocycles. The van der Waals surface area contributed by atoms with Crippen molar-refractivity contribution in [1.29, 1.82) is 0 Å². The second-order valence-corrected chi connectivity index (χ2v) is 9.13. The Morgan fingerprint density at radius 1 is 1.19 bits per heavy atom. The number of thioether (sulfide) groups is 1. The summed E-state index contributed by atoms with van der Waals surface area (Å²) in [5.41, 5.74) is 2.99. The maximum Gasteiger partial charge on any atom is 0.194 e. The Morgan fingerprint density at radius 2 is 2.00 bits per heavy atom. The van der Waals surface area contributed by atoms with E-state index in [1.54, 1.807) is 0 Å². The summed E-state index contributed by atoms with van der Waals surface area (Å²) >= 11 is 2.05. The van der Waals surface area contributed by atoms with Crippen molar-refractivity contribution in [2.75, 3.05) is 62.3 Å². The second-order valence-electron chi connectivity index (χ2n) is 7.91. The van der Waals surface area contributed by atoms with E-state index in [0.717, 1.165) is 58.4 Å². The van der Waals surface area contributed by atoms with Crippen LogP contribution >= 0.6 is 11.8 Å². The van der Waals surface area contributed by atoms with Crippen molar-refractivity contribution in [1.82, 2.24) is 10.2 Å². The Balaban J connectivity index is 1.38. The van der Waals surface area contributed by atoms with E-state index in [9.17, 15) is 0 Å². The third kappa shape index (κ3) is 4.54. The molecular formula is C21H32N4OS. The first kappa shape index (κ1) is 18.9. The molecule has 1 unspecified atom stereocenters. The van der Waals surface area contributed by atoms with Crippen LogP contribution in [-0.2, 0) is 11.3 Å². The van der Waals surface area contributed by atoms with Crippen LogP contribution in [0.3, 0.4) is 0 Å². The molecule has 3 heterocycles. The summed E-state index contributed by atoms with van der Waals surface area (Å²) in [6, 6.07) is 8.99. The minimum absolute atomic E-state index is 0.366. The number of benzene rings is 1. The Labute approximate surface area is 167 Å². The molecule has 1 N–H and O–H groups in total. The van der Waals surface area contributed by atoms with Gasteiger partial charge in [0, 0.05) is 61.9 Å². The molecule has 3 aliphatic heterocycles. The van der Waals surface area contributed by atoms with E-state index in [-0.39, 0.29) is 0 Å². The van der Waals surface area contributed by atoms with Crippen LogP contribution in [0.1, 0.15) is 25.3 Å². The highest BCUT2D eigenvalue weighted by atomic mass is 32.2. The summed E-state index contributed by atoms with van der Waals surface area (Å²) in [6.07, 6.45) is 2.42. The number of nitrogens with zero attached hydrogens (tertiary/aromatic N) is 3. The molecule has 27 heavy (non-hydrogen) atoms. The first-order valence-corrected chi connectivity index (χ1v) is 11.5. The van der Waals surface area contributed by atoms with Gasteiger partial charge in [-0.3, -0.25) is 0 Å². The SMILES string of the molecule is CCNC(=NCc1ccc(N2CCSCC2)cc1)N1CCC2(CCOC2)C1. The summed E-state index contributed by atoms with van der Waals surface area (Å²) in [7, 11) is 0. The van der Waals surface area contributed by atoms with Crippen LogP contribution in [0.5, 0.6) is 0 Å². The molecule has 5 nitrogen and oxygen atoms in total. The lowest BCUT2D eigenvalue weighted by atomic mass is 9.87. The predicted molar refractivity (Wildman–Crippen MR) is 115 cm³/mol. The third-order valence-corrected chi connectivity index (χ3v) is 6.92. The van der Waals surface area contributed by atoms with E-state index in [0.29, 0.717) is 5.41 Å². The van der Waals surface area contributed by atoms with E-state index in [1.165, 1.54) is 35.6 Å². The molecule has 0 bridgehead atoms. The first-order chi connectivity index (χ1) is 13.3. The third-order valence-electron chi connectivity index (χ3n) is 5.98. The number of anilines is 1. The maximum absolute atomic E-state index is 5.67. The summed E-state index contributed by atoms with van der Waals surface area (Å²) in [5.74, 6) is 3.53. The van der Waals surface area contributed by atoms with Gasteiger partial charge >= 0.3 is 0 Å². The molecule has 0 radical (unpaired) electrons. The fraction of sp³-hybridized carbons (Fsp3) is 0.667. The van der Waals surface area contributed by atoms with Crippen molar-refractivity contribution in [3.8, 4) is 0 Å². The van der Waals surface area contributed by atoms with Crippen molar-refractivity contribution in [2.45, 2.75) is 26.3 Å². The van der Waals surface area contributed by atoms with Crippen molar-refractivity contribution in [2.24, 2.45) is 10.4 Å². The highest BCUT2D eigenvalue weighted by Gasteiger charge is 2.42. The van der Waals surface area contributed by atoms with Crippen molar-refractivity contribution in [3.63, 3.8) is 0 Å². The van der Waals surface area contributed by atoms with Gasteiger partial charge in [-0.2, -0.15) is 11.8 Å². The largest absolute Gasteiger partial charge is 0.381 e. The molecule has 3 saturated heterocycles. The highest BCUT2D eigenvalue weighted by Crippen LogP contribution is 2.38. The number of hydrogen-bond donors (Lipinski definition) is 1. The molecule has 0 aliphatic carbocycles. The van der Waals surface area contributed by atoms with Crippen LogP contribution in [0, 0.1) is 5.41 Å². The number of guanidine groups is 1. The van der Waals surface area contributed by atoms with Crippen LogP contribution < -0.4 is 10.2 Å². The van der Waals surface area contributed by atoms with Crippen molar-refractivity contribution in [3.05, 3.63) is 29.8 Å². The van der Waals surface area contributed by atoms with Crippen LogP contribution in [0.2, 0.25) is 0 Å². The van der Waals surface area contributed by atoms with E-state index in [1.807, 2.05) is 0 Å². The molecule has 0 amide bonds. The normalized spacial score (nSPS) is 26.2. The molecule has 4 rings (SSSR count). The summed E-state index contributed by atoms with van der Waals surface area (Å²) < 4.78 is 5.67. The van der Waals surface area contributed by atoms with Crippen molar-refractivity contribution < 1.29 is 4.74 Å². The molecule has 3 aliphatic rings. The summed E-state index contributed by atoms with van der Waals surface area (Å²) in [5, 5.41) is 3.49. The monoisotopic (exact) mass is 388 g/mol. The zero-order chi connectivity index (χ0) is 18.5. The fourth-order valence-corrected chi connectivity index (χ4v) is 5.22. The smallest absolute Gasteiger partial charge is 0.194 e. The lowest BCUT2D eigenvalue weighted by Gasteiger charge is -2.28. The van der Waals surface area contributed by atoms with Gasteiger partial charge in [-0.05, 0) is 37.5 Å². The Hall–Kier alpha value is -1.40. The Kier molecular flexibility index (Phi) is 6.13. The van der Waals surface area contributed by atoms with Gasteiger partial charge < -0.3 is 19.9 Å². The summed E-state index contributed by atoms with van der Waals surface area (Å²) in [6.45, 7) is 10.1. The first-order valence-electron chi connectivity index (χ1n) is 10.3. The number of nitrogens with one attached hydrogen (secondary N) is 1. The van der Waals surface area contributed by atoms with Crippen LogP contribution in [0.4, 0.5) is 5.69 Å². The number of hydrogen-bond acceptors (Lipinski definition) is 4. The van der Waals surface area contributed by atoms with E-state index < -0.39 is 0 Å². The van der Waals surface area contributed by atoms with Gasteiger partial charge in [0.2, 0.25) is 0 Å². The average Bonchev–Trinajstić information content (AvgIpc) is 3.36. The maximum atomic E-state index is 5.67. The molecule has 0 saturated carbocycles.